The third-order valence-corrected chi connectivity index (χ3v) is 6.41. The molecule has 32 heavy (non-hydrogen) atoms. The van der Waals surface area contributed by atoms with Gasteiger partial charge in [-0.05, 0) is 50.4 Å². The lowest BCUT2D eigenvalue weighted by Gasteiger charge is -2.31. The Morgan fingerprint density at radius 1 is 1.09 bits per heavy atom. The molecule has 0 unspecified atom stereocenters. The van der Waals surface area contributed by atoms with Crippen molar-refractivity contribution < 1.29 is 9.18 Å². The summed E-state index contributed by atoms with van der Waals surface area (Å²) in [4.78, 5) is 26.8. The topological polar surface area (TPSA) is 67.2 Å². The fourth-order valence-electron chi connectivity index (χ4n) is 4.78. The van der Waals surface area contributed by atoms with Gasteiger partial charge in [-0.2, -0.15) is 5.10 Å². The number of hydrogen-bond acceptors (Lipinski definition) is 5. The number of amides is 1. The molecule has 2 aliphatic heterocycles. The van der Waals surface area contributed by atoms with Crippen LogP contribution < -0.4 is 4.90 Å². The third kappa shape index (κ3) is 4.02. The zero-order valence-corrected chi connectivity index (χ0v) is 18.5. The van der Waals surface area contributed by atoms with Gasteiger partial charge in [-0.1, -0.05) is 12.1 Å². The van der Waals surface area contributed by atoms with Crippen LogP contribution in [0.1, 0.15) is 53.5 Å². The van der Waals surface area contributed by atoms with Gasteiger partial charge >= 0.3 is 0 Å². The van der Waals surface area contributed by atoms with Gasteiger partial charge in [0.05, 0.1) is 18.8 Å². The highest BCUT2D eigenvalue weighted by Crippen LogP contribution is 2.35. The molecule has 4 heterocycles. The van der Waals surface area contributed by atoms with Crippen LogP contribution in [-0.4, -0.2) is 37.1 Å². The van der Waals surface area contributed by atoms with E-state index in [1.54, 1.807) is 17.0 Å². The van der Waals surface area contributed by atoms with Gasteiger partial charge in [0.15, 0.2) is 0 Å². The second-order valence-corrected chi connectivity index (χ2v) is 8.73. The molecule has 1 fully saturated rings. The predicted molar refractivity (Wildman–Crippen MR) is 118 cm³/mol. The Labute approximate surface area is 186 Å². The van der Waals surface area contributed by atoms with Gasteiger partial charge in [0.2, 0.25) is 5.91 Å². The predicted octanol–water partition coefficient (Wildman–Crippen LogP) is 3.47. The van der Waals surface area contributed by atoms with Crippen LogP contribution in [0.2, 0.25) is 0 Å². The van der Waals surface area contributed by atoms with Crippen molar-refractivity contribution in [3.63, 3.8) is 0 Å². The molecule has 166 valence electrons. The van der Waals surface area contributed by atoms with Crippen molar-refractivity contribution in [3.05, 3.63) is 70.7 Å². The van der Waals surface area contributed by atoms with Crippen LogP contribution in [0.3, 0.4) is 0 Å². The fraction of sp³-hybridized carbons (Fsp3) is 0.417. The number of nitrogens with zero attached hydrogens (tertiary/aromatic N) is 6. The lowest BCUT2D eigenvalue weighted by atomic mass is 10.0. The molecule has 1 atom stereocenters. The minimum atomic E-state index is -0.283. The van der Waals surface area contributed by atoms with Crippen molar-refractivity contribution in [3.8, 4) is 0 Å². The van der Waals surface area contributed by atoms with Crippen LogP contribution in [0, 0.1) is 12.7 Å². The third-order valence-electron chi connectivity index (χ3n) is 6.41. The van der Waals surface area contributed by atoms with Crippen molar-refractivity contribution in [1.82, 2.24) is 24.6 Å². The molecule has 0 aliphatic carbocycles. The van der Waals surface area contributed by atoms with Gasteiger partial charge in [-0.15, -0.1) is 0 Å². The molecule has 8 heteroatoms. The molecule has 1 aromatic carbocycles. The quantitative estimate of drug-likeness (QED) is 0.615. The summed E-state index contributed by atoms with van der Waals surface area (Å²) < 4.78 is 15.2. The summed E-state index contributed by atoms with van der Waals surface area (Å²) in [6.45, 7) is 4.18. The number of halogens is 1. The second-order valence-electron chi connectivity index (χ2n) is 8.73. The van der Waals surface area contributed by atoms with E-state index in [1.165, 1.54) is 17.7 Å². The minimum absolute atomic E-state index is 0.0458. The lowest BCUT2D eigenvalue weighted by molar-refractivity contribution is -0.119. The number of rotatable bonds is 5. The summed E-state index contributed by atoms with van der Waals surface area (Å²) in [5, 5.41) is 4.28. The van der Waals surface area contributed by atoms with Crippen molar-refractivity contribution in [2.24, 2.45) is 7.05 Å². The first-order valence-corrected chi connectivity index (χ1v) is 11.1. The molecule has 3 aromatic rings. The highest BCUT2D eigenvalue weighted by molar-refractivity contribution is 5.95. The Hall–Kier alpha value is -3.13. The molecule has 0 N–H and O–H groups in total. The normalized spacial score (nSPS) is 18.9. The summed E-state index contributed by atoms with van der Waals surface area (Å²) in [7, 11) is 1.92. The maximum absolute atomic E-state index is 13.3. The summed E-state index contributed by atoms with van der Waals surface area (Å²) in [6, 6.07) is 6.41. The standard InChI is InChI=1S/C24H27FN6O/c1-16-20-9-10-22(32)31(15-17-5-7-19(25)8-6-17)24(20)28-23(27-16)21-4-3-11-30(21)14-18-12-26-29(2)13-18/h5-8,12-13,21H,3-4,9-11,14-15H2,1-2H3/t21-/m0/s1. The molecule has 0 saturated carbocycles. The Balaban J connectivity index is 1.46. The number of fused-ring (bicyclic) bond motifs is 1. The first-order valence-electron chi connectivity index (χ1n) is 11.1. The van der Waals surface area contributed by atoms with Gasteiger partial charge in [0.1, 0.15) is 17.5 Å². The summed E-state index contributed by atoms with van der Waals surface area (Å²) in [5.74, 6) is 1.25. The van der Waals surface area contributed by atoms with Crippen LogP contribution in [0.15, 0.2) is 36.7 Å². The van der Waals surface area contributed by atoms with E-state index in [1.807, 2.05) is 31.0 Å². The maximum atomic E-state index is 13.3. The van der Waals surface area contributed by atoms with Crippen LogP contribution in [-0.2, 0) is 31.4 Å². The second kappa shape index (κ2) is 8.43. The molecule has 1 amide bonds. The molecule has 7 nitrogen and oxygen atoms in total. The molecule has 0 spiro atoms. The smallest absolute Gasteiger partial charge is 0.228 e. The molecule has 5 rings (SSSR count). The fourth-order valence-corrected chi connectivity index (χ4v) is 4.78. The molecule has 0 bridgehead atoms. The molecule has 2 aromatic heterocycles. The molecular weight excluding hydrogens is 407 g/mol. The number of aromatic nitrogens is 4. The molecular formula is C24H27FN6O. The zero-order chi connectivity index (χ0) is 22.2. The van der Waals surface area contributed by atoms with Gasteiger partial charge in [-0.3, -0.25) is 19.3 Å². The van der Waals surface area contributed by atoms with Gasteiger partial charge < -0.3 is 0 Å². The van der Waals surface area contributed by atoms with Crippen molar-refractivity contribution >= 4 is 11.7 Å². The molecule has 1 saturated heterocycles. The number of carbonyl (C=O) groups is 1. The van der Waals surface area contributed by atoms with E-state index < -0.39 is 0 Å². The number of carbonyl (C=O) groups excluding carboxylic acids is 1. The zero-order valence-electron chi connectivity index (χ0n) is 18.5. The van der Waals surface area contributed by atoms with E-state index >= 15 is 0 Å². The number of aryl methyl sites for hydroxylation is 2. The lowest BCUT2D eigenvalue weighted by Crippen LogP contribution is -2.37. The Morgan fingerprint density at radius 3 is 2.66 bits per heavy atom. The molecule has 0 radical (unpaired) electrons. The van der Waals surface area contributed by atoms with Gasteiger partial charge in [0.25, 0.3) is 0 Å². The summed E-state index contributed by atoms with van der Waals surface area (Å²) >= 11 is 0. The van der Waals surface area contributed by atoms with Crippen LogP contribution >= 0.6 is 0 Å². The van der Waals surface area contributed by atoms with Gasteiger partial charge in [0, 0.05) is 43.0 Å². The highest BCUT2D eigenvalue weighted by atomic mass is 19.1. The van der Waals surface area contributed by atoms with E-state index in [-0.39, 0.29) is 17.8 Å². The van der Waals surface area contributed by atoms with E-state index in [0.29, 0.717) is 25.2 Å². The first kappa shape index (κ1) is 20.8. The van der Waals surface area contributed by atoms with Gasteiger partial charge in [-0.25, -0.2) is 14.4 Å². The van der Waals surface area contributed by atoms with Crippen molar-refractivity contribution in [1.29, 1.82) is 0 Å². The Bertz CT molecular complexity index is 1140. The highest BCUT2D eigenvalue weighted by Gasteiger charge is 2.33. The number of likely N-dealkylation sites (tertiary alicyclic amines) is 1. The van der Waals surface area contributed by atoms with Crippen LogP contribution in [0.25, 0.3) is 0 Å². The number of anilines is 1. The SMILES string of the molecule is Cc1nc([C@@H]2CCCN2Cc2cnn(C)c2)nc2c1CCC(=O)N2Cc1ccc(F)cc1. The van der Waals surface area contributed by atoms with E-state index in [9.17, 15) is 9.18 Å². The Kier molecular flexibility index (Phi) is 5.46. The average Bonchev–Trinajstić information content (AvgIpc) is 3.40. The van der Waals surface area contributed by atoms with Crippen LogP contribution in [0.5, 0.6) is 0 Å². The van der Waals surface area contributed by atoms with E-state index in [0.717, 1.165) is 48.6 Å². The van der Waals surface area contributed by atoms with E-state index in [4.69, 9.17) is 9.97 Å². The van der Waals surface area contributed by atoms with Crippen molar-refractivity contribution in [2.75, 3.05) is 11.4 Å². The number of hydrogen-bond donors (Lipinski definition) is 0. The average molecular weight is 435 g/mol. The summed E-state index contributed by atoms with van der Waals surface area (Å²) in [6.07, 6.45) is 7.11. The first-order chi connectivity index (χ1) is 15.5. The number of benzene rings is 1. The van der Waals surface area contributed by atoms with Crippen LogP contribution in [0.4, 0.5) is 10.2 Å². The molecule has 2 aliphatic rings. The largest absolute Gasteiger partial charge is 0.292 e. The van der Waals surface area contributed by atoms with E-state index in [2.05, 4.69) is 10.00 Å². The van der Waals surface area contributed by atoms with Crippen molar-refractivity contribution in [2.45, 2.75) is 51.7 Å². The maximum Gasteiger partial charge on any atom is 0.228 e. The Morgan fingerprint density at radius 2 is 1.91 bits per heavy atom. The minimum Gasteiger partial charge on any atom is -0.292 e. The summed E-state index contributed by atoms with van der Waals surface area (Å²) in [5.41, 5.74) is 4.02. The monoisotopic (exact) mass is 434 g/mol.